The van der Waals surface area contributed by atoms with Crippen LogP contribution in [0, 0.1) is 6.92 Å². The van der Waals surface area contributed by atoms with Gasteiger partial charge in [-0.15, -0.1) is 0 Å². The molecule has 0 fully saturated rings. The van der Waals surface area contributed by atoms with Gasteiger partial charge in [0.05, 0.1) is 13.2 Å². The minimum atomic E-state index is 0.0279. The molecule has 0 aliphatic carbocycles. The van der Waals surface area contributed by atoms with Crippen molar-refractivity contribution >= 4 is 15.9 Å². The maximum Gasteiger partial charge on any atom is 0.119 e. The van der Waals surface area contributed by atoms with E-state index in [4.69, 9.17) is 10.6 Å². The summed E-state index contributed by atoms with van der Waals surface area (Å²) in [5, 5.41) is 0. The molecule has 1 aromatic carbocycles. The van der Waals surface area contributed by atoms with Crippen LogP contribution < -0.4 is 16.0 Å². The number of aryl methyl sites for hydroxylation is 1. The van der Waals surface area contributed by atoms with Crippen LogP contribution in [-0.2, 0) is 6.42 Å². The molecule has 0 saturated heterocycles. The van der Waals surface area contributed by atoms with Gasteiger partial charge in [0.15, 0.2) is 0 Å². The second kappa shape index (κ2) is 6.83. The summed E-state index contributed by atoms with van der Waals surface area (Å²) in [6, 6.07) is 9.97. The Labute approximate surface area is 127 Å². The fraction of sp³-hybridized carbons (Fsp3) is 0.267. The topological polar surface area (TPSA) is 60.2 Å². The van der Waals surface area contributed by atoms with Crippen molar-refractivity contribution in [2.45, 2.75) is 19.4 Å². The first-order chi connectivity index (χ1) is 9.63. The Hall–Kier alpha value is -1.43. The van der Waals surface area contributed by atoms with Gasteiger partial charge in [0, 0.05) is 16.4 Å². The van der Waals surface area contributed by atoms with Gasteiger partial charge in [-0.2, -0.15) is 0 Å². The highest BCUT2D eigenvalue weighted by Gasteiger charge is 2.13. The van der Waals surface area contributed by atoms with Gasteiger partial charge >= 0.3 is 0 Å². The van der Waals surface area contributed by atoms with Gasteiger partial charge in [-0.1, -0.05) is 15.9 Å². The number of rotatable bonds is 5. The Morgan fingerprint density at radius 1 is 1.35 bits per heavy atom. The van der Waals surface area contributed by atoms with E-state index in [1.807, 2.05) is 37.3 Å². The number of hydrogen-bond acceptors (Lipinski definition) is 4. The van der Waals surface area contributed by atoms with Crippen molar-refractivity contribution in [1.29, 1.82) is 0 Å². The van der Waals surface area contributed by atoms with Crippen LogP contribution in [-0.4, -0.2) is 12.1 Å². The van der Waals surface area contributed by atoms with Gasteiger partial charge in [-0.25, -0.2) is 0 Å². The minimum absolute atomic E-state index is 0.0279. The summed E-state index contributed by atoms with van der Waals surface area (Å²) < 4.78 is 6.31. The molecule has 0 aliphatic heterocycles. The Balaban J connectivity index is 2.26. The van der Waals surface area contributed by atoms with Gasteiger partial charge in [-0.3, -0.25) is 16.3 Å². The summed E-state index contributed by atoms with van der Waals surface area (Å²) in [4.78, 5) is 4.21. The third kappa shape index (κ3) is 3.56. The van der Waals surface area contributed by atoms with Crippen LogP contribution >= 0.6 is 15.9 Å². The Morgan fingerprint density at radius 3 is 2.80 bits per heavy atom. The first-order valence-electron chi connectivity index (χ1n) is 6.35. The lowest BCUT2D eigenvalue weighted by Gasteiger charge is -2.18. The van der Waals surface area contributed by atoms with Crippen LogP contribution in [0.5, 0.6) is 5.75 Å². The van der Waals surface area contributed by atoms with Crippen molar-refractivity contribution < 1.29 is 4.74 Å². The number of nitrogens with one attached hydrogen (secondary N) is 1. The fourth-order valence-electron chi connectivity index (χ4n) is 2.11. The SMILES string of the molecule is COc1ccc(Br)c(CC(NN)c2ccnc(C)c2)c1. The number of methoxy groups -OCH3 is 1. The zero-order chi connectivity index (χ0) is 14.5. The van der Waals surface area contributed by atoms with Crippen LogP contribution in [0.3, 0.4) is 0 Å². The number of nitrogens with zero attached hydrogens (tertiary/aromatic N) is 1. The quantitative estimate of drug-likeness (QED) is 0.651. The summed E-state index contributed by atoms with van der Waals surface area (Å²) in [5.41, 5.74) is 6.11. The molecule has 0 aliphatic rings. The Bertz CT molecular complexity index is 589. The normalized spacial score (nSPS) is 12.2. The summed E-state index contributed by atoms with van der Waals surface area (Å²) >= 11 is 3.57. The molecule has 0 spiro atoms. The minimum Gasteiger partial charge on any atom is -0.497 e. The van der Waals surface area contributed by atoms with Gasteiger partial charge < -0.3 is 4.74 Å². The monoisotopic (exact) mass is 335 g/mol. The molecular weight excluding hydrogens is 318 g/mol. The van der Waals surface area contributed by atoms with E-state index < -0.39 is 0 Å². The van der Waals surface area contributed by atoms with Crippen LogP contribution in [0.2, 0.25) is 0 Å². The van der Waals surface area contributed by atoms with Crippen molar-refractivity contribution in [1.82, 2.24) is 10.4 Å². The summed E-state index contributed by atoms with van der Waals surface area (Å²) in [7, 11) is 1.66. The van der Waals surface area contributed by atoms with Gasteiger partial charge in [-0.05, 0) is 54.8 Å². The van der Waals surface area contributed by atoms with E-state index in [0.717, 1.165) is 33.5 Å². The third-order valence-electron chi connectivity index (χ3n) is 3.20. The summed E-state index contributed by atoms with van der Waals surface area (Å²) in [6.45, 7) is 1.97. The van der Waals surface area contributed by atoms with Crippen LogP contribution in [0.25, 0.3) is 0 Å². The largest absolute Gasteiger partial charge is 0.497 e. The zero-order valence-corrected chi connectivity index (χ0v) is 13.1. The molecule has 1 atom stereocenters. The molecule has 4 nitrogen and oxygen atoms in total. The molecule has 1 unspecified atom stereocenters. The average Bonchev–Trinajstić information content (AvgIpc) is 2.46. The molecule has 1 heterocycles. The van der Waals surface area contributed by atoms with E-state index >= 15 is 0 Å². The van der Waals surface area contributed by atoms with Crippen molar-refractivity contribution in [3.63, 3.8) is 0 Å². The highest BCUT2D eigenvalue weighted by atomic mass is 79.9. The number of pyridine rings is 1. The first-order valence-corrected chi connectivity index (χ1v) is 7.14. The molecule has 2 rings (SSSR count). The molecule has 0 amide bonds. The fourth-order valence-corrected chi connectivity index (χ4v) is 2.52. The molecule has 0 bridgehead atoms. The second-order valence-corrected chi connectivity index (χ2v) is 5.47. The lowest BCUT2D eigenvalue weighted by atomic mass is 9.99. The maximum absolute atomic E-state index is 5.71. The predicted molar refractivity (Wildman–Crippen MR) is 83.4 cm³/mol. The van der Waals surface area contributed by atoms with E-state index in [2.05, 4.69) is 26.3 Å². The van der Waals surface area contributed by atoms with Crippen molar-refractivity contribution in [3.05, 3.63) is 57.8 Å². The number of aromatic nitrogens is 1. The zero-order valence-electron chi connectivity index (χ0n) is 11.6. The average molecular weight is 336 g/mol. The number of halogens is 1. The molecular formula is C15H18BrN3O. The number of hydrogen-bond donors (Lipinski definition) is 2. The van der Waals surface area contributed by atoms with E-state index in [1.165, 1.54) is 0 Å². The first kappa shape index (κ1) is 15.0. The van der Waals surface area contributed by atoms with E-state index in [9.17, 15) is 0 Å². The van der Waals surface area contributed by atoms with Crippen LogP contribution in [0.1, 0.15) is 22.9 Å². The highest BCUT2D eigenvalue weighted by Crippen LogP contribution is 2.27. The van der Waals surface area contributed by atoms with Gasteiger partial charge in [0.25, 0.3) is 0 Å². The van der Waals surface area contributed by atoms with Crippen molar-refractivity contribution in [3.8, 4) is 5.75 Å². The van der Waals surface area contributed by atoms with Crippen molar-refractivity contribution in [2.75, 3.05) is 7.11 Å². The summed E-state index contributed by atoms with van der Waals surface area (Å²) in [5.74, 6) is 6.54. The van der Waals surface area contributed by atoms with Gasteiger partial charge in [0.2, 0.25) is 0 Å². The van der Waals surface area contributed by atoms with Crippen LogP contribution in [0.4, 0.5) is 0 Å². The predicted octanol–water partition coefficient (Wildman–Crippen LogP) is 2.91. The van der Waals surface area contributed by atoms with Gasteiger partial charge in [0.1, 0.15) is 5.75 Å². The van der Waals surface area contributed by atoms with Crippen LogP contribution in [0.15, 0.2) is 41.0 Å². The molecule has 20 heavy (non-hydrogen) atoms. The van der Waals surface area contributed by atoms with E-state index in [0.29, 0.717) is 0 Å². The molecule has 2 aromatic rings. The maximum atomic E-state index is 5.71. The van der Waals surface area contributed by atoms with Crippen molar-refractivity contribution in [2.24, 2.45) is 5.84 Å². The lowest BCUT2D eigenvalue weighted by Crippen LogP contribution is -2.29. The third-order valence-corrected chi connectivity index (χ3v) is 3.97. The Kier molecular flexibility index (Phi) is 5.11. The molecule has 1 aromatic heterocycles. The smallest absolute Gasteiger partial charge is 0.119 e. The molecule has 106 valence electrons. The summed E-state index contributed by atoms with van der Waals surface area (Å²) in [6.07, 6.45) is 2.56. The number of hydrazine groups is 1. The van der Waals surface area contributed by atoms with E-state index in [-0.39, 0.29) is 6.04 Å². The number of nitrogens with two attached hydrogens (primary N) is 1. The number of ether oxygens (including phenoxy) is 1. The Morgan fingerprint density at radius 2 is 2.15 bits per heavy atom. The second-order valence-electron chi connectivity index (χ2n) is 4.61. The molecule has 0 saturated carbocycles. The molecule has 0 radical (unpaired) electrons. The molecule has 3 N–H and O–H groups in total. The van der Waals surface area contributed by atoms with E-state index in [1.54, 1.807) is 13.3 Å². The highest BCUT2D eigenvalue weighted by molar-refractivity contribution is 9.10. The lowest BCUT2D eigenvalue weighted by molar-refractivity contribution is 0.413. The standard InChI is InChI=1S/C15H18BrN3O/c1-10-7-11(5-6-18-10)15(19-17)9-12-8-13(20-2)3-4-14(12)16/h3-8,15,19H,9,17H2,1-2H3. The molecule has 5 heteroatoms. The number of benzene rings is 1.